The molecule has 21 heavy (non-hydrogen) atoms. The zero-order chi connectivity index (χ0) is 14.9. The van der Waals surface area contributed by atoms with Crippen molar-refractivity contribution in [2.24, 2.45) is 0 Å². The van der Waals surface area contributed by atoms with E-state index in [2.05, 4.69) is 41.7 Å². The smallest absolute Gasteiger partial charge is 0.124 e. The summed E-state index contributed by atoms with van der Waals surface area (Å²) in [7, 11) is 0. The molecule has 114 valence electrons. The van der Waals surface area contributed by atoms with E-state index in [0.29, 0.717) is 6.61 Å². The fourth-order valence-electron chi connectivity index (χ4n) is 2.54. The Morgan fingerprint density at radius 1 is 1.05 bits per heavy atom. The van der Waals surface area contributed by atoms with Crippen molar-refractivity contribution in [1.82, 2.24) is 5.32 Å². The number of nitrogens with one attached hydrogen (secondary N) is 1. The van der Waals surface area contributed by atoms with Crippen LogP contribution < -0.4 is 10.1 Å². The van der Waals surface area contributed by atoms with E-state index in [9.17, 15) is 0 Å². The minimum absolute atomic E-state index is 0.289. The molecule has 0 radical (unpaired) electrons. The lowest BCUT2D eigenvalue weighted by Gasteiger charge is -2.14. The third-order valence-corrected chi connectivity index (χ3v) is 3.61. The van der Waals surface area contributed by atoms with Gasteiger partial charge in [-0.25, -0.2) is 0 Å². The van der Waals surface area contributed by atoms with Gasteiger partial charge >= 0.3 is 0 Å². The average Bonchev–Trinajstić information content (AvgIpc) is 2.52. The Morgan fingerprint density at radius 2 is 1.90 bits per heavy atom. The Balaban J connectivity index is 2.06. The van der Waals surface area contributed by atoms with Crippen LogP contribution >= 0.6 is 0 Å². The van der Waals surface area contributed by atoms with Gasteiger partial charge in [0.05, 0.1) is 6.61 Å². The minimum Gasteiger partial charge on any atom is -0.494 e. The molecule has 3 nitrogen and oxygen atoms in total. The molecule has 0 atom stereocenters. The Bertz CT molecular complexity index is 554. The van der Waals surface area contributed by atoms with Gasteiger partial charge in [-0.2, -0.15) is 0 Å². The molecule has 0 unspecified atom stereocenters. The van der Waals surface area contributed by atoms with E-state index in [1.165, 1.54) is 16.3 Å². The van der Waals surface area contributed by atoms with E-state index in [4.69, 9.17) is 9.84 Å². The molecule has 2 aromatic rings. The standard InChI is InChI=1S/C18H25NO2/c1-2-21-18-11-10-15-8-4-5-9-16(15)17(18)14-19-12-6-3-7-13-20/h4-5,8-11,19-20H,2-3,6-7,12-14H2,1H3. The number of ether oxygens (including phenoxy) is 1. The summed E-state index contributed by atoms with van der Waals surface area (Å²) in [6.07, 6.45) is 3.05. The van der Waals surface area contributed by atoms with Gasteiger partial charge < -0.3 is 15.2 Å². The summed E-state index contributed by atoms with van der Waals surface area (Å²) in [6.45, 7) is 4.77. The summed E-state index contributed by atoms with van der Waals surface area (Å²) in [5.41, 5.74) is 1.23. The van der Waals surface area contributed by atoms with E-state index >= 15 is 0 Å². The Hall–Kier alpha value is -1.58. The summed E-state index contributed by atoms with van der Waals surface area (Å²) in [4.78, 5) is 0. The second-order valence-corrected chi connectivity index (χ2v) is 5.16. The van der Waals surface area contributed by atoms with Crippen LogP contribution in [0.4, 0.5) is 0 Å². The fourth-order valence-corrected chi connectivity index (χ4v) is 2.54. The highest BCUT2D eigenvalue weighted by molar-refractivity contribution is 5.87. The molecule has 0 aliphatic carbocycles. The van der Waals surface area contributed by atoms with Crippen LogP contribution in [0, 0.1) is 0 Å². The van der Waals surface area contributed by atoms with Gasteiger partial charge in [-0.3, -0.25) is 0 Å². The van der Waals surface area contributed by atoms with Crippen molar-refractivity contribution >= 4 is 10.8 Å². The third-order valence-electron chi connectivity index (χ3n) is 3.61. The number of aliphatic hydroxyl groups is 1. The second kappa shape index (κ2) is 8.65. The number of benzene rings is 2. The van der Waals surface area contributed by atoms with Gasteiger partial charge in [0, 0.05) is 18.7 Å². The zero-order valence-electron chi connectivity index (χ0n) is 12.8. The molecule has 0 spiro atoms. The first-order valence-corrected chi connectivity index (χ1v) is 7.81. The van der Waals surface area contributed by atoms with E-state index in [-0.39, 0.29) is 6.61 Å². The highest BCUT2D eigenvalue weighted by Gasteiger charge is 2.08. The van der Waals surface area contributed by atoms with Crippen molar-refractivity contribution in [1.29, 1.82) is 0 Å². The van der Waals surface area contributed by atoms with Crippen LogP contribution in [0.3, 0.4) is 0 Å². The van der Waals surface area contributed by atoms with Crippen molar-refractivity contribution in [2.75, 3.05) is 19.8 Å². The lowest BCUT2D eigenvalue weighted by molar-refractivity contribution is 0.283. The van der Waals surface area contributed by atoms with Crippen LogP contribution in [0.15, 0.2) is 36.4 Å². The van der Waals surface area contributed by atoms with Crippen LogP contribution in [0.5, 0.6) is 5.75 Å². The first-order chi connectivity index (χ1) is 10.4. The van der Waals surface area contributed by atoms with E-state index < -0.39 is 0 Å². The summed E-state index contributed by atoms with van der Waals surface area (Å²) in [6, 6.07) is 12.6. The maximum absolute atomic E-state index is 8.78. The molecule has 2 rings (SSSR count). The van der Waals surface area contributed by atoms with E-state index in [1.54, 1.807) is 0 Å². The van der Waals surface area contributed by atoms with Crippen molar-refractivity contribution < 1.29 is 9.84 Å². The highest BCUT2D eigenvalue weighted by Crippen LogP contribution is 2.28. The molecular formula is C18H25NO2. The first-order valence-electron chi connectivity index (χ1n) is 7.81. The van der Waals surface area contributed by atoms with E-state index in [0.717, 1.165) is 38.1 Å². The summed E-state index contributed by atoms with van der Waals surface area (Å²) in [5, 5.41) is 14.8. The van der Waals surface area contributed by atoms with Crippen LogP contribution in [-0.4, -0.2) is 24.9 Å². The molecule has 0 aliphatic heterocycles. The van der Waals surface area contributed by atoms with Gasteiger partial charge in [0.15, 0.2) is 0 Å². The first kappa shape index (κ1) is 15.8. The molecule has 0 aliphatic rings. The zero-order valence-corrected chi connectivity index (χ0v) is 12.8. The van der Waals surface area contributed by atoms with Crippen molar-refractivity contribution in [2.45, 2.75) is 32.7 Å². The summed E-state index contributed by atoms with van der Waals surface area (Å²) in [5.74, 6) is 0.971. The van der Waals surface area contributed by atoms with E-state index in [1.807, 2.05) is 6.92 Å². The lowest BCUT2D eigenvalue weighted by atomic mass is 10.0. The quantitative estimate of drug-likeness (QED) is 0.694. The number of fused-ring (bicyclic) bond motifs is 1. The van der Waals surface area contributed by atoms with Gasteiger partial charge in [-0.15, -0.1) is 0 Å². The monoisotopic (exact) mass is 287 g/mol. The molecule has 0 bridgehead atoms. The summed E-state index contributed by atoms with van der Waals surface area (Å²) < 4.78 is 5.77. The van der Waals surface area contributed by atoms with Crippen LogP contribution in [0.2, 0.25) is 0 Å². The molecule has 0 saturated heterocycles. The number of hydrogen-bond donors (Lipinski definition) is 2. The Morgan fingerprint density at radius 3 is 2.71 bits per heavy atom. The predicted octanol–water partition coefficient (Wildman–Crippen LogP) is 3.49. The largest absolute Gasteiger partial charge is 0.494 e. The topological polar surface area (TPSA) is 41.5 Å². The molecular weight excluding hydrogens is 262 g/mol. The van der Waals surface area contributed by atoms with Crippen LogP contribution in [0.1, 0.15) is 31.7 Å². The SMILES string of the molecule is CCOc1ccc2ccccc2c1CNCCCCCO. The Labute approximate surface area is 126 Å². The average molecular weight is 287 g/mol. The van der Waals surface area contributed by atoms with Gasteiger partial charge in [0.2, 0.25) is 0 Å². The number of rotatable bonds is 9. The van der Waals surface area contributed by atoms with Crippen molar-refractivity contribution in [3.8, 4) is 5.75 Å². The molecule has 0 heterocycles. The number of hydrogen-bond acceptors (Lipinski definition) is 3. The second-order valence-electron chi connectivity index (χ2n) is 5.16. The maximum atomic E-state index is 8.78. The Kier molecular flexibility index (Phi) is 6.51. The normalized spacial score (nSPS) is 11.0. The van der Waals surface area contributed by atoms with Gasteiger partial charge in [0.1, 0.15) is 5.75 Å². The molecule has 0 saturated carbocycles. The van der Waals surface area contributed by atoms with Gasteiger partial charge in [-0.05, 0) is 49.6 Å². The van der Waals surface area contributed by atoms with Gasteiger partial charge in [-0.1, -0.05) is 30.3 Å². The number of aliphatic hydroxyl groups excluding tert-OH is 1. The highest BCUT2D eigenvalue weighted by atomic mass is 16.5. The molecule has 2 N–H and O–H groups in total. The lowest BCUT2D eigenvalue weighted by Crippen LogP contribution is -2.16. The molecule has 0 fully saturated rings. The minimum atomic E-state index is 0.289. The molecule has 0 amide bonds. The number of unbranched alkanes of at least 4 members (excludes halogenated alkanes) is 2. The van der Waals surface area contributed by atoms with Crippen molar-refractivity contribution in [3.05, 3.63) is 42.0 Å². The third kappa shape index (κ3) is 4.45. The van der Waals surface area contributed by atoms with Crippen LogP contribution in [0.25, 0.3) is 10.8 Å². The van der Waals surface area contributed by atoms with Gasteiger partial charge in [0.25, 0.3) is 0 Å². The molecule has 0 aromatic heterocycles. The molecule has 2 aromatic carbocycles. The maximum Gasteiger partial charge on any atom is 0.124 e. The molecule has 3 heteroatoms. The van der Waals surface area contributed by atoms with Crippen LogP contribution in [-0.2, 0) is 6.54 Å². The summed E-state index contributed by atoms with van der Waals surface area (Å²) >= 11 is 0. The van der Waals surface area contributed by atoms with Crippen molar-refractivity contribution in [3.63, 3.8) is 0 Å². The fraction of sp³-hybridized carbons (Fsp3) is 0.444. The predicted molar refractivity (Wildman–Crippen MR) is 87.8 cm³/mol.